The molecule has 0 saturated heterocycles. The van der Waals surface area contributed by atoms with Crippen molar-refractivity contribution in [1.82, 2.24) is 11.1 Å². The van der Waals surface area contributed by atoms with Crippen molar-refractivity contribution in [3.05, 3.63) is 77.7 Å². The van der Waals surface area contributed by atoms with Gasteiger partial charge in [-0.2, -0.15) is 0 Å². The lowest BCUT2D eigenvalue weighted by atomic mass is 10.0. The van der Waals surface area contributed by atoms with E-state index in [9.17, 15) is 18.8 Å². The molecular formula is C34H36ClFN4O7. The Morgan fingerprint density at radius 3 is 2.21 bits per heavy atom. The number of pyridine rings is 1. The lowest BCUT2D eigenvalue weighted by molar-refractivity contribution is -0.137. The van der Waals surface area contributed by atoms with Crippen LogP contribution in [0.3, 0.4) is 0 Å². The molecule has 1 aliphatic carbocycles. The van der Waals surface area contributed by atoms with E-state index < -0.39 is 29.0 Å². The number of hydrogen-bond donors (Lipinski definition) is 4. The number of nitrogens with zero attached hydrogens (tertiary/aromatic N) is 1. The number of ether oxygens (including phenoxy) is 3. The van der Waals surface area contributed by atoms with Gasteiger partial charge in [-0.15, -0.1) is 0 Å². The normalized spacial score (nSPS) is 12.8. The molecule has 0 bridgehead atoms. The fourth-order valence-corrected chi connectivity index (χ4v) is 5.12. The minimum atomic E-state index is -1.21. The van der Waals surface area contributed by atoms with Crippen LogP contribution in [0.2, 0.25) is 5.02 Å². The van der Waals surface area contributed by atoms with Crippen molar-refractivity contribution < 1.29 is 38.1 Å². The van der Waals surface area contributed by atoms with E-state index in [0.29, 0.717) is 71.1 Å². The number of benzene rings is 3. The summed E-state index contributed by atoms with van der Waals surface area (Å²) in [5.41, 5.74) is 0.202. The predicted molar refractivity (Wildman–Crippen MR) is 176 cm³/mol. The fourth-order valence-electron chi connectivity index (χ4n) is 4.90. The number of carbonyl (C=O) groups excluding carboxylic acids is 2. The van der Waals surface area contributed by atoms with E-state index in [1.807, 2.05) is 0 Å². The zero-order chi connectivity index (χ0) is 32.7. The maximum Gasteiger partial charge on any atom is 0.303 e. The quantitative estimate of drug-likeness (QED) is 0.0731. The standard InChI is InChI=1S/C34H33ClFN3O7.H3N/c1-44-29-19-24-26(20-30(29)45-17-5-3-2-4-6-31(40)41)37-16-13-27(24)46-28-12-11-23(18-25(28)35)39-33(43)34(14-15-34)32(42)38-22-9-7-21(36)8-10-22;/h7-13,16,18-20H,2-6,14-15,17H2,1H3,(H,38,42)(H,39,43)(H,40,41);1H3. The van der Waals surface area contributed by atoms with Crippen LogP contribution in [0.25, 0.3) is 10.9 Å². The van der Waals surface area contributed by atoms with Crippen molar-refractivity contribution >= 4 is 51.7 Å². The molecule has 0 atom stereocenters. The molecule has 1 aromatic heterocycles. The molecule has 0 aliphatic heterocycles. The van der Waals surface area contributed by atoms with Crippen molar-refractivity contribution in [2.45, 2.75) is 44.9 Å². The number of unbranched alkanes of at least 4 members (excludes halogenated alkanes) is 3. The molecule has 1 heterocycles. The molecule has 13 heteroatoms. The molecule has 1 aliphatic rings. The number of carboxylic acids is 1. The Kier molecular flexibility index (Phi) is 11.6. The summed E-state index contributed by atoms with van der Waals surface area (Å²) in [6.07, 6.45) is 5.64. The molecule has 1 saturated carbocycles. The third-order valence-corrected chi connectivity index (χ3v) is 7.96. The van der Waals surface area contributed by atoms with Crippen molar-refractivity contribution in [3.63, 3.8) is 0 Å². The van der Waals surface area contributed by atoms with Crippen LogP contribution in [-0.4, -0.2) is 41.6 Å². The van der Waals surface area contributed by atoms with Gasteiger partial charge in [-0.3, -0.25) is 19.4 Å². The number of fused-ring (bicyclic) bond motifs is 1. The minimum absolute atomic E-state index is 0. The van der Waals surface area contributed by atoms with E-state index in [2.05, 4.69) is 15.6 Å². The topological polar surface area (TPSA) is 171 Å². The van der Waals surface area contributed by atoms with E-state index in [1.165, 1.54) is 24.3 Å². The second-order valence-corrected chi connectivity index (χ2v) is 11.4. The van der Waals surface area contributed by atoms with E-state index >= 15 is 0 Å². The first kappa shape index (κ1) is 34.9. The summed E-state index contributed by atoms with van der Waals surface area (Å²) in [4.78, 5) is 41.1. The number of rotatable bonds is 15. The molecular weight excluding hydrogens is 631 g/mol. The molecule has 0 radical (unpaired) electrons. The Hall–Kier alpha value is -4.94. The summed E-state index contributed by atoms with van der Waals surface area (Å²) in [6.45, 7) is 0.448. The number of amides is 2. The first-order chi connectivity index (χ1) is 22.2. The Balaban J connectivity index is 0.00000500. The Morgan fingerprint density at radius 1 is 0.872 bits per heavy atom. The summed E-state index contributed by atoms with van der Waals surface area (Å²) >= 11 is 6.55. The van der Waals surface area contributed by atoms with Crippen LogP contribution in [-0.2, 0) is 14.4 Å². The molecule has 0 spiro atoms. The number of methoxy groups -OCH3 is 1. The monoisotopic (exact) mass is 666 g/mol. The number of aromatic nitrogens is 1. The largest absolute Gasteiger partial charge is 0.493 e. The predicted octanol–water partition coefficient (Wildman–Crippen LogP) is 7.76. The van der Waals surface area contributed by atoms with E-state index in [0.717, 1.165) is 19.3 Å². The van der Waals surface area contributed by atoms with Crippen LogP contribution in [0.4, 0.5) is 15.8 Å². The van der Waals surface area contributed by atoms with Gasteiger partial charge in [0, 0.05) is 35.4 Å². The highest BCUT2D eigenvalue weighted by Crippen LogP contribution is 2.48. The molecule has 6 N–H and O–H groups in total. The lowest BCUT2D eigenvalue weighted by Crippen LogP contribution is -2.35. The van der Waals surface area contributed by atoms with Crippen LogP contribution >= 0.6 is 11.6 Å². The molecule has 11 nitrogen and oxygen atoms in total. The maximum atomic E-state index is 13.2. The van der Waals surface area contributed by atoms with Gasteiger partial charge in [-0.25, -0.2) is 4.39 Å². The summed E-state index contributed by atoms with van der Waals surface area (Å²) in [6, 6.07) is 15.4. The maximum absolute atomic E-state index is 13.2. The summed E-state index contributed by atoms with van der Waals surface area (Å²) in [7, 11) is 1.54. The molecule has 4 aromatic rings. The second-order valence-electron chi connectivity index (χ2n) is 11.0. The fraction of sp³-hybridized carbons (Fsp3) is 0.294. The number of nitrogens with one attached hydrogen (secondary N) is 2. The number of hydrogen-bond acceptors (Lipinski definition) is 8. The van der Waals surface area contributed by atoms with Crippen LogP contribution in [0.5, 0.6) is 23.0 Å². The third kappa shape index (κ3) is 8.66. The Bertz CT molecular complexity index is 1750. The number of carboxylic acid groups (broad SMARTS) is 1. The number of anilines is 2. The van der Waals surface area contributed by atoms with Crippen LogP contribution in [0.15, 0.2) is 66.9 Å². The van der Waals surface area contributed by atoms with Crippen molar-refractivity contribution in [1.29, 1.82) is 0 Å². The van der Waals surface area contributed by atoms with Crippen LogP contribution < -0.4 is 31.0 Å². The van der Waals surface area contributed by atoms with E-state index in [1.54, 1.807) is 49.7 Å². The van der Waals surface area contributed by atoms with Gasteiger partial charge in [0.2, 0.25) is 11.8 Å². The SMILES string of the molecule is COc1cc2c(Oc3ccc(NC(=O)C4(C(=O)Nc5ccc(F)cc5)CC4)cc3Cl)ccnc2cc1OCCCCCCC(=O)O.N. The Morgan fingerprint density at radius 2 is 1.55 bits per heavy atom. The average Bonchev–Trinajstić information content (AvgIpc) is 3.85. The molecule has 0 unspecified atom stereocenters. The summed E-state index contributed by atoms with van der Waals surface area (Å²) in [5.74, 6) is -0.282. The molecule has 248 valence electrons. The van der Waals surface area contributed by atoms with Crippen molar-refractivity contribution in [2.24, 2.45) is 5.41 Å². The highest BCUT2D eigenvalue weighted by Gasteiger charge is 2.56. The van der Waals surface area contributed by atoms with Crippen LogP contribution in [0, 0.1) is 11.2 Å². The van der Waals surface area contributed by atoms with Gasteiger partial charge in [-0.1, -0.05) is 24.4 Å². The van der Waals surface area contributed by atoms with Gasteiger partial charge in [0.05, 0.1) is 24.3 Å². The first-order valence-corrected chi connectivity index (χ1v) is 15.2. The highest BCUT2D eigenvalue weighted by molar-refractivity contribution is 6.32. The van der Waals surface area contributed by atoms with Gasteiger partial charge in [0.25, 0.3) is 0 Å². The third-order valence-electron chi connectivity index (χ3n) is 7.66. The zero-order valence-electron chi connectivity index (χ0n) is 25.8. The smallest absolute Gasteiger partial charge is 0.303 e. The zero-order valence-corrected chi connectivity index (χ0v) is 26.6. The first-order valence-electron chi connectivity index (χ1n) is 14.9. The second kappa shape index (κ2) is 15.6. The van der Waals surface area contributed by atoms with Crippen molar-refractivity contribution in [3.8, 4) is 23.0 Å². The summed E-state index contributed by atoms with van der Waals surface area (Å²) in [5, 5.41) is 15.1. The van der Waals surface area contributed by atoms with Gasteiger partial charge in [-0.05, 0) is 80.3 Å². The molecule has 47 heavy (non-hydrogen) atoms. The van der Waals surface area contributed by atoms with Crippen LogP contribution in [0.1, 0.15) is 44.9 Å². The van der Waals surface area contributed by atoms with Gasteiger partial charge in [0.1, 0.15) is 22.7 Å². The van der Waals surface area contributed by atoms with Crippen molar-refractivity contribution in [2.75, 3.05) is 24.4 Å². The molecule has 1 fully saturated rings. The Labute approximate surface area is 276 Å². The number of aliphatic carboxylic acids is 1. The van der Waals surface area contributed by atoms with Gasteiger partial charge in [0.15, 0.2) is 11.5 Å². The number of carbonyl (C=O) groups is 3. The number of halogens is 2. The summed E-state index contributed by atoms with van der Waals surface area (Å²) < 4.78 is 30.9. The van der Waals surface area contributed by atoms with Gasteiger partial charge < -0.3 is 36.1 Å². The highest BCUT2D eigenvalue weighted by atomic mass is 35.5. The molecule has 5 rings (SSSR count). The minimum Gasteiger partial charge on any atom is -0.493 e. The lowest BCUT2D eigenvalue weighted by Gasteiger charge is -2.17. The average molecular weight is 667 g/mol. The molecule has 3 aromatic carbocycles. The molecule has 2 amide bonds. The van der Waals surface area contributed by atoms with E-state index in [-0.39, 0.29) is 17.6 Å². The van der Waals surface area contributed by atoms with Gasteiger partial charge >= 0.3 is 5.97 Å². The van der Waals surface area contributed by atoms with E-state index in [4.69, 9.17) is 30.9 Å².